The third-order valence-electron chi connectivity index (χ3n) is 4.58. The number of hydrazine groups is 1. The first-order valence-electron chi connectivity index (χ1n) is 8.84. The average molecular weight is 404 g/mol. The van der Waals surface area contributed by atoms with E-state index in [-0.39, 0.29) is 11.8 Å². The number of aryl methyl sites for hydroxylation is 2. The summed E-state index contributed by atoms with van der Waals surface area (Å²) in [6.45, 7) is 4.43. The van der Waals surface area contributed by atoms with Gasteiger partial charge in [-0.25, -0.2) is 0 Å². The largest absolute Gasteiger partial charge is 0.492 e. The van der Waals surface area contributed by atoms with E-state index in [2.05, 4.69) is 29.2 Å². The summed E-state index contributed by atoms with van der Waals surface area (Å²) < 4.78 is 5.66. The van der Waals surface area contributed by atoms with Crippen LogP contribution in [0.25, 0.3) is 0 Å². The molecule has 142 valence electrons. The summed E-state index contributed by atoms with van der Waals surface area (Å²) >= 11 is 11.3. The third kappa shape index (κ3) is 4.70. The normalized spacial score (nSPS) is 15.3. The Morgan fingerprint density at radius 2 is 2.11 bits per heavy atom. The monoisotopic (exact) mass is 403 g/mol. The molecular formula is C20H22ClN3O2S. The SMILES string of the molecule is CCc1cccc(C)c1NC(=S)NNC(=O)[C@@H]1COc2ccc(Cl)cc2C1. The first-order valence-corrected chi connectivity index (χ1v) is 9.63. The van der Waals surface area contributed by atoms with E-state index in [0.717, 1.165) is 29.0 Å². The van der Waals surface area contributed by atoms with Crippen LogP contribution in [0.2, 0.25) is 5.02 Å². The van der Waals surface area contributed by atoms with E-state index in [1.807, 2.05) is 31.2 Å². The van der Waals surface area contributed by atoms with Crippen molar-refractivity contribution in [2.75, 3.05) is 11.9 Å². The Morgan fingerprint density at radius 3 is 2.89 bits per heavy atom. The van der Waals surface area contributed by atoms with Crippen molar-refractivity contribution in [3.05, 3.63) is 58.1 Å². The number of rotatable bonds is 3. The van der Waals surface area contributed by atoms with Crippen LogP contribution in [-0.2, 0) is 17.6 Å². The lowest BCUT2D eigenvalue weighted by Gasteiger charge is -2.25. The minimum absolute atomic E-state index is 0.176. The van der Waals surface area contributed by atoms with E-state index in [9.17, 15) is 4.79 Å². The molecule has 0 bridgehead atoms. The van der Waals surface area contributed by atoms with Crippen molar-refractivity contribution in [1.82, 2.24) is 10.9 Å². The number of hydrogen-bond donors (Lipinski definition) is 3. The topological polar surface area (TPSA) is 62.4 Å². The number of ether oxygens (including phenoxy) is 1. The van der Waals surface area contributed by atoms with Crippen LogP contribution in [0.15, 0.2) is 36.4 Å². The van der Waals surface area contributed by atoms with Gasteiger partial charge in [0.2, 0.25) is 5.91 Å². The molecule has 7 heteroatoms. The summed E-state index contributed by atoms with van der Waals surface area (Å²) in [6, 6.07) is 11.5. The smallest absolute Gasteiger partial charge is 0.245 e. The Morgan fingerprint density at radius 1 is 1.30 bits per heavy atom. The predicted molar refractivity (Wildman–Crippen MR) is 112 cm³/mol. The van der Waals surface area contributed by atoms with Crippen LogP contribution in [0.1, 0.15) is 23.6 Å². The highest BCUT2D eigenvalue weighted by molar-refractivity contribution is 7.80. The number of fused-ring (bicyclic) bond motifs is 1. The number of thiocarbonyl (C=S) groups is 1. The molecule has 0 aromatic heterocycles. The van der Waals surface area contributed by atoms with Gasteiger partial charge in [0.15, 0.2) is 5.11 Å². The number of para-hydroxylation sites is 1. The zero-order chi connectivity index (χ0) is 19.4. The molecule has 3 N–H and O–H groups in total. The quantitative estimate of drug-likeness (QED) is 0.537. The fourth-order valence-corrected chi connectivity index (χ4v) is 3.45. The minimum atomic E-state index is -0.309. The van der Waals surface area contributed by atoms with E-state index in [4.69, 9.17) is 28.6 Å². The van der Waals surface area contributed by atoms with Gasteiger partial charge in [0, 0.05) is 10.7 Å². The Bertz CT molecular complexity index is 872. The van der Waals surface area contributed by atoms with E-state index < -0.39 is 0 Å². The van der Waals surface area contributed by atoms with Gasteiger partial charge in [-0.2, -0.15) is 0 Å². The van der Waals surface area contributed by atoms with Crippen LogP contribution in [0, 0.1) is 12.8 Å². The van der Waals surface area contributed by atoms with Gasteiger partial charge in [-0.1, -0.05) is 36.7 Å². The number of anilines is 1. The second-order valence-corrected chi connectivity index (χ2v) is 7.34. The van der Waals surface area contributed by atoms with E-state index in [0.29, 0.717) is 23.2 Å². The molecule has 5 nitrogen and oxygen atoms in total. The lowest BCUT2D eigenvalue weighted by molar-refractivity contribution is -0.126. The van der Waals surface area contributed by atoms with Crippen LogP contribution in [-0.4, -0.2) is 17.6 Å². The molecule has 0 saturated carbocycles. The Hall–Kier alpha value is -2.31. The molecular weight excluding hydrogens is 382 g/mol. The maximum atomic E-state index is 12.5. The lowest BCUT2D eigenvalue weighted by atomic mass is 9.96. The van der Waals surface area contributed by atoms with Gasteiger partial charge in [-0.3, -0.25) is 15.6 Å². The van der Waals surface area contributed by atoms with Crippen LogP contribution in [0.3, 0.4) is 0 Å². The van der Waals surface area contributed by atoms with Gasteiger partial charge < -0.3 is 10.1 Å². The fourth-order valence-electron chi connectivity index (χ4n) is 3.10. The number of carbonyl (C=O) groups is 1. The first kappa shape index (κ1) is 19.5. The number of nitrogens with one attached hydrogen (secondary N) is 3. The van der Waals surface area contributed by atoms with Crippen molar-refractivity contribution >= 4 is 40.5 Å². The van der Waals surface area contributed by atoms with Crippen LogP contribution < -0.4 is 20.9 Å². The second-order valence-electron chi connectivity index (χ2n) is 6.50. The maximum absolute atomic E-state index is 12.5. The zero-order valence-corrected chi connectivity index (χ0v) is 16.8. The number of halogens is 1. The number of carbonyl (C=O) groups excluding carboxylic acids is 1. The van der Waals surface area contributed by atoms with Gasteiger partial charge in [-0.15, -0.1) is 0 Å². The van der Waals surface area contributed by atoms with E-state index in [1.165, 1.54) is 5.56 Å². The third-order valence-corrected chi connectivity index (χ3v) is 5.02. The summed E-state index contributed by atoms with van der Waals surface area (Å²) in [5.41, 5.74) is 9.61. The van der Waals surface area contributed by atoms with E-state index >= 15 is 0 Å². The molecule has 27 heavy (non-hydrogen) atoms. The van der Waals surface area contributed by atoms with Gasteiger partial charge in [0.1, 0.15) is 12.4 Å². The fraction of sp³-hybridized carbons (Fsp3) is 0.300. The summed E-state index contributed by atoms with van der Waals surface area (Å²) in [5, 5.41) is 4.14. The van der Waals surface area contributed by atoms with Crippen molar-refractivity contribution < 1.29 is 9.53 Å². The van der Waals surface area contributed by atoms with Gasteiger partial charge >= 0.3 is 0 Å². The number of amides is 1. The van der Waals surface area contributed by atoms with E-state index in [1.54, 1.807) is 6.07 Å². The Kier molecular flexibility index (Phi) is 6.19. The van der Waals surface area contributed by atoms with Crippen LogP contribution in [0.4, 0.5) is 5.69 Å². The molecule has 3 rings (SSSR count). The van der Waals surface area contributed by atoms with Crippen LogP contribution in [0.5, 0.6) is 5.75 Å². The second kappa shape index (κ2) is 8.59. The van der Waals surface area contributed by atoms with Crippen molar-refractivity contribution in [1.29, 1.82) is 0 Å². The molecule has 0 spiro atoms. The standard InChI is InChI=1S/C20H22ClN3O2S/c1-3-13-6-4-5-12(2)18(13)22-20(27)24-23-19(25)15-9-14-10-16(21)7-8-17(14)26-11-15/h4-8,10,15H,3,9,11H2,1-2H3,(H,23,25)(H2,22,24,27)/t15-/m0/s1. The molecule has 2 aromatic carbocycles. The molecule has 1 heterocycles. The highest BCUT2D eigenvalue weighted by atomic mass is 35.5. The lowest BCUT2D eigenvalue weighted by Crippen LogP contribution is -2.48. The van der Waals surface area contributed by atoms with Gasteiger partial charge in [-0.05, 0) is 66.9 Å². The van der Waals surface area contributed by atoms with Crippen molar-refractivity contribution in [2.45, 2.75) is 26.7 Å². The predicted octanol–water partition coefficient (Wildman–Crippen LogP) is 3.78. The van der Waals surface area contributed by atoms with Gasteiger partial charge in [0.05, 0.1) is 5.92 Å². The average Bonchev–Trinajstić information content (AvgIpc) is 2.67. The maximum Gasteiger partial charge on any atom is 0.245 e. The molecule has 0 saturated heterocycles. The molecule has 0 aliphatic carbocycles. The molecule has 1 atom stereocenters. The zero-order valence-electron chi connectivity index (χ0n) is 15.3. The highest BCUT2D eigenvalue weighted by Crippen LogP contribution is 2.29. The summed E-state index contributed by atoms with van der Waals surface area (Å²) in [7, 11) is 0. The van der Waals surface area contributed by atoms with Crippen LogP contribution >= 0.6 is 23.8 Å². The molecule has 2 aromatic rings. The molecule has 1 aliphatic rings. The molecule has 0 fully saturated rings. The number of benzene rings is 2. The minimum Gasteiger partial charge on any atom is -0.492 e. The summed E-state index contributed by atoms with van der Waals surface area (Å²) in [6.07, 6.45) is 1.46. The first-order chi connectivity index (χ1) is 13.0. The summed E-state index contributed by atoms with van der Waals surface area (Å²) in [5.74, 6) is 0.293. The summed E-state index contributed by atoms with van der Waals surface area (Å²) in [4.78, 5) is 12.5. The van der Waals surface area contributed by atoms with Crippen molar-refractivity contribution in [2.24, 2.45) is 5.92 Å². The molecule has 0 unspecified atom stereocenters. The molecule has 1 aliphatic heterocycles. The van der Waals surface area contributed by atoms with Crippen molar-refractivity contribution in [3.63, 3.8) is 0 Å². The van der Waals surface area contributed by atoms with Crippen molar-refractivity contribution in [3.8, 4) is 5.75 Å². The van der Waals surface area contributed by atoms with Gasteiger partial charge in [0.25, 0.3) is 0 Å². The highest BCUT2D eigenvalue weighted by Gasteiger charge is 2.26. The Labute approximate surface area is 169 Å². The molecule has 0 radical (unpaired) electrons. The number of hydrogen-bond acceptors (Lipinski definition) is 3. The Balaban J connectivity index is 1.56. The molecule has 1 amide bonds.